The van der Waals surface area contributed by atoms with E-state index in [1.807, 2.05) is 0 Å². The van der Waals surface area contributed by atoms with Crippen LogP contribution in [0.3, 0.4) is 0 Å². The third-order valence-corrected chi connectivity index (χ3v) is 3.87. The molecule has 0 aliphatic carbocycles. The van der Waals surface area contributed by atoms with Crippen LogP contribution in [-0.4, -0.2) is 36.4 Å². The highest BCUT2D eigenvalue weighted by Crippen LogP contribution is 2.23. The van der Waals surface area contributed by atoms with Crippen molar-refractivity contribution in [2.45, 2.75) is 17.4 Å². The van der Waals surface area contributed by atoms with E-state index in [0.717, 1.165) is 12.1 Å². The van der Waals surface area contributed by atoms with Crippen LogP contribution in [0.15, 0.2) is 29.2 Å². The smallest absolute Gasteiger partial charge is 0.322 e. The van der Waals surface area contributed by atoms with Crippen molar-refractivity contribution in [1.29, 1.82) is 0 Å². The van der Waals surface area contributed by atoms with E-state index in [9.17, 15) is 28.1 Å². The molecule has 11 heteroatoms. The summed E-state index contributed by atoms with van der Waals surface area (Å²) >= 11 is 0. The number of nitro groups is 1. The third kappa shape index (κ3) is 4.22. The van der Waals surface area contributed by atoms with Crippen LogP contribution in [0.1, 0.15) is 6.42 Å². The van der Waals surface area contributed by atoms with Crippen LogP contribution in [0.2, 0.25) is 0 Å². The maximum Gasteiger partial charge on any atom is 0.322 e. The molecule has 0 aliphatic rings. The molecular weight excluding hydrogens is 306 g/mol. The van der Waals surface area contributed by atoms with Crippen LogP contribution < -0.4 is 10.5 Å². The van der Waals surface area contributed by atoms with Gasteiger partial charge in [-0.2, -0.15) is 4.72 Å². The van der Waals surface area contributed by atoms with Gasteiger partial charge in [-0.15, -0.1) is 0 Å². The van der Waals surface area contributed by atoms with E-state index in [2.05, 4.69) is 0 Å². The molecule has 10 nitrogen and oxygen atoms in total. The number of nitrogens with one attached hydrogen (secondary N) is 1. The van der Waals surface area contributed by atoms with Crippen LogP contribution in [0.4, 0.5) is 5.69 Å². The average Bonchev–Trinajstić information content (AvgIpc) is 2.37. The second-order valence-electron chi connectivity index (χ2n) is 3.91. The van der Waals surface area contributed by atoms with Crippen LogP contribution >= 0.6 is 0 Å². The van der Waals surface area contributed by atoms with E-state index in [1.54, 1.807) is 4.72 Å². The summed E-state index contributed by atoms with van der Waals surface area (Å²) in [6, 6.07) is 2.59. The number of rotatable bonds is 7. The number of carboxylic acids is 1. The van der Waals surface area contributed by atoms with Crippen molar-refractivity contribution in [2.24, 2.45) is 5.73 Å². The number of nitro benzene ring substituents is 1. The van der Waals surface area contributed by atoms with Gasteiger partial charge in [-0.3, -0.25) is 19.7 Å². The first-order valence-corrected chi connectivity index (χ1v) is 6.90. The fraction of sp³-hybridized carbons (Fsp3) is 0.200. The van der Waals surface area contributed by atoms with Crippen molar-refractivity contribution in [3.63, 3.8) is 0 Å². The summed E-state index contributed by atoms with van der Waals surface area (Å²) in [7, 11) is -4.51. The molecule has 0 heterocycles. The molecule has 1 aromatic carbocycles. The summed E-state index contributed by atoms with van der Waals surface area (Å²) in [6.45, 7) is 0. The highest BCUT2D eigenvalue weighted by atomic mass is 32.2. The summed E-state index contributed by atoms with van der Waals surface area (Å²) in [4.78, 5) is 30.8. The Morgan fingerprint density at radius 3 is 2.43 bits per heavy atom. The quantitative estimate of drug-likeness (QED) is 0.436. The van der Waals surface area contributed by atoms with E-state index in [4.69, 9.17) is 10.8 Å². The molecule has 0 saturated carbocycles. The number of benzene rings is 1. The normalized spacial score (nSPS) is 12.6. The van der Waals surface area contributed by atoms with E-state index in [0.29, 0.717) is 0 Å². The molecule has 0 saturated heterocycles. The van der Waals surface area contributed by atoms with Gasteiger partial charge in [0, 0.05) is 6.07 Å². The summed E-state index contributed by atoms with van der Waals surface area (Å²) in [5, 5.41) is 19.6. The predicted octanol–water partition coefficient (Wildman–Crippen LogP) is -0.798. The summed E-state index contributed by atoms with van der Waals surface area (Å²) in [6.07, 6.45) is -0.783. The molecule has 1 atom stereocenters. The Balaban J connectivity index is 3.20. The van der Waals surface area contributed by atoms with Gasteiger partial charge in [-0.1, -0.05) is 12.1 Å². The van der Waals surface area contributed by atoms with Crippen molar-refractivity contribution in [3.8, 4) is 0 Å². The number of para-hydroxylation sites is 1. The number of carbonyl (C=O) groups is 2. The lowest BCUT2D eigenvalue weighted by Gasteiger charge is -2.13. The van der Waals surface area contributed by atoms with Crippen molar-refractivity contribution in [3.05, 3.63) is 34.4 Å². The number of carbonyl (C=O) groups excluding carboxylic acids is 1. The average molecular weight is 317 g/mol. The topological polar surface area (TPSA) is 170 Å². The molecule has 1 amide bonds. The Hall–Kier alpha value is -2.53. The molecule has 0 bridgehead atoms. The maximum atomic E-state index is 12.0. The molecule has 21 heavy (non-hydrogen) atoms. The van der Waals surface area contributed by atoms with Gasteiger partial charge in [0.15, 0.2) is 4.90 Å². The summed E-state index contributed by atoms with van der Waals surface area (Å²) in [5.41, 5.74) is 4.11. The molecule has 0 fully saturated rings. The van der Waals surface area contributed by atoms with Crippen molar-refractivity contribution in [1.82, 2.24) is 4.72 Å². The fourth-order valence-corrected chi connectivity index (χ4v) is 2.83. The minimum Gasteiger partial charge on any atom is -0.480 e. The molecule has 4 N–H and O–H groups in total. The molecule has 0 unspecified atom stereocenters. The fourth-order valence-electron chi connectivity index (χ4n) is 1.47. The molecule has 0 aromatic heterocycles. The Bertz CT molecular complexity index is 686. The summed E-state index contributed by atoms with van der Waals surface area (Å²) in [5.74, 6) is -2.66. The Morgan fingerprint density at radius 1 is 1.38 bits per heavy atom. The number of aliphatic carboxylic acids is 1. The van der Waals surface area contributed by atoms with Gasteiger partial charge in [0.1, 0.15) is 6.04 Å². The van der Waals surface area contributed by atoms with E-state index >= 15 is 0 Å². The highest BCUT2D eigenvalue weighted by Gasteiger charge is 2.31. The third-order valence-electron chi connectivity index (χ3n) is 2.35. The molecule has 114 valence electrons. The van der Waals surface area contributed by atoms with Gasteiger partial charge in [-0.25, -0.2) is 8.42 Å². The van der Waals surface area contributed by atoms with Gasteiger partial charge in [0.05, 0.1) is 11.3 Å². The summed E-state index contributed by atoms with van der Waals surface area (Å²) < 4.78 is 25.7. The number of carboxylic acid groups (broad SMARTS) is 1. The van der Waals surface area contributed by atoms with Crippen molar-refractivity contribution < 1.29 is 28.0 Å². The maximum absolute atomic E-state index is 12.0. The standard InChI is InChI=1S/C10H11N3O7S/c11-9(14)5-6(10(15)16)12-21(19,20)8-4-2-1-3-7(8)13(17)18/h1-4,6,12H,5H2,(H2,11,14)(H,15,16)/t6-/m0/s1. The van der Waals surface area contributed by atoms with Gasteiger partial charge >= 0.3 is 5.97 Å². The number of nitrogens with zero attached hydrogens (tertiary/aromatic N) is 1. The van der Waals surface area contributed by atoms with Crippen LogP contribution in [0, 0.1) is 10.1 Å². The lowest BCUT2D eigenvalue weighted by molar-refractivity contribution is -0.387. The SMILES string of the molecule is NC(=O)C[C@H](NS(=O)(=O)c1ccccc1[N+](=O)[O-])C(=O)O. The van der Waals surface area contributed by atoms with Gasteiger partial charge in [0.25, 0.3) is 5.69 Å². The van der Waals surface area contributed by atoms with Crippen LogP contribution in [0.5, 0.6) is 0 Å². The minimum absolute atomic E-state index is 0.703. The number of nitrogens with two attached hydrogens (primary N) is 1. The number of hydrogen-bond donors (Lipinski definition) is 3. The lowest BCUT2D eigenvalue weighted by atomic mass is 10.2. The van der Waals surface area contributed by atoms with Crippen molar-refractivity contribution in [2.75, 3.05) is 0 Å². The zero-order valence-corrected chi connectivity index (χ0v) is 11.2. The Kier molecular flexibility index (Phi) is 4.94. The first kappa shape index (κ1) is 16.5. The van der Waals surface area contributed by atoms with Crippen molar-refractivity contribution >= 4 is 27.6 Å². The molecular formula is C10H11N3O7S. The highest BCUT2D eigenvalue weighted by molar-refractivity contribution is 7.89. The van der Waals surface area contributed by atoms with Gasteiger partial charge in [0.2, 0.25) is 15.9 Å². The monoisotopic (exact) mass is 317 g/mol. The largest absolute Gasteiger partial charge is 0.480 e. The number of primary amides is 1. The van der Waals surface area contributed by atoms with Gasteiger partial charge in [-0.05, 0) is 6.07 Å². The predicted molar refractivity (Wildman–Crippen MR) is 68.7 cm³/mol. The van der Waals surface area contributed by atoms with Gasteiger partial charge < -0.3 is 10.8 Å². The van der Waals surface area contributed by atoms with E-state index < -0.39 is 49.9 Å². The molecule has 0 spiro atoms. The van der Waals surface area contributed by atoms with E-state index in [-0.39, 0.29) is 0 Å². The zero-order valence-electron chi connectivity index (χ0n) is 10.4. The zero-order chi connectivity index (χ0) is 16.2. The van der Waals surface area contributed by atoms with Crippen LogP contribution in [-0.2, 0) is 19.6 Å². The number of hydrogen-bond acceptors (Lipinski definition) is 6. The first-order chi connectivity index (χ1) is 9.65. The molecule has 1 rings (SSSR count). The first-order valence-electron chi connectivity index (χ1n) is 5.42. The lowest BCUT2D eigenvalue weighted by Crippen LogP contribution is -2.43. The number of amides is 1. The van der Waals surface area contributed by atoms with E-state index in [1.165, 1.54) is 12.1 Å². The van der Waals surface area contributed by atoms with Crippen LogP contribution in [0.25, 0.3) is 0 Å². The Morgan fingerprint density at radius 2 is 1.95 bits per heavy atom. The number of sulfonamides is 1. The second kappa shape index (κ2) is 6.28. The molecule has 0 aliphatic heterocycles. The molecule has 1 aromatic rings. The molecule has 0 radical (unpaired) electrons. The Labute approximate surface area is 118 Å². The second-order valence-corrected chi connectivity index (χ2v) is 5.59. The minimum atomic E-state index is -4.51.